The van der Waals surface area contributed by atoms with Gasteiger partial charge in [-0.3, -0.25) is 14.1 Å². The summed E-state index contributed by atoms with van der Waals surface area (Å²) in [6.45, 7) is 10.9. The fourth-order valence-electron chi connectivity index (χ4n) is 4.95. The van der Waals surface area contributed by atoms with E-state index in [0.29, 0.717) is 30.3 Å². The number of pyridine rings is 2. The number of carbonyl (C=O) groups is 1. The fraction of sp³-hybridized carbons (Fsp3) is 0.414. The Kier molecular flexibility index (Phi) is 7.00. The molecule has 0 bridgehead atoms. The van der Waals surface area contributed by atoms with Crippen molar-refractivity contribution in [2.45, 2.75) is 65.2 Å². The largest absolute Gasteiger partial charge is 0.469 e. The SMILES string of the molecule is Cc1c(-c2cc(O[C@H](C)c3ccccn3)n3c(C#N)cnc3c2)cnn1C1CCN(C(=O)OC(C)(C)C)CC1. The highest BCUT2D eigenvalue weighted by Crippen LogP contribution is 2.34. The summed E-state index contributed by atoms with van der Waals surface area (Å²) >= 11 is 0. The molecule has 1 amide bonds. The van der Waals surface area contributed by atoms with Gasteiger partial charge in [0.1, 0.15) is 29.1 Å². The Morgan fingerprint density at radius 1 is 1.15 bits per heavy atom. The summed E-state index contributed by atoms with van der Waals surface area (Å²) in [7, 11) is 0. The summed E-state index contributed by atoms with van der Waals surface area (Å²) in [6.07, 6.45) is 6.13. The van der Waals surface area contributed by atoms with Crippen molar-refractivity contribution in [1.82, 2.24) is 29.0 Å². The van der Waals surface area contributed by atoms with E-state index in [1.807, 2.05) is 64.2 Å². The van der Waals surface area contributed by atoms with E-state index in [4.69, 9.17) is 14.6 Å². The number of nitrogens with zero attached hydrogens (tertiary/aromatic N) is 7. The molecule has 5 rings (SSSR count). The second-order valence-corrected chi connectivity index (χ2v) is 10.8. The predicted molar refractivity (Wildman–Crippen MR) is 145 cm³/mol. The maximum absolute atomic E-state index is 12.5. The topological polar surface area (TPSA) is 111 Å². The van der Waals surface area contributed by atoms with Crippen LogP contribution in [0, 0.1) is 18.3 Å². The fourth-order valence-corrected chi connectivity index (χ4v) is 4.95. The molecule has 202 valence electrons. The van der Waals surface area contributed by atoms with Crippen molar-refractivity contribution >= 4 is 11.7 Å². The van der Waals surface area contributed by atoms with Crippen LogP contribution >= 0.6 is 0 Å². The summed E-state index contributed by atoms with van der Waals surface area (Å²) in [5.41, 5.74) is 4.17. The first-order valence-corrected chi connectivity index (χ1v) is 13.2. The van der Waals surface area contributed by atoms with Gasteiger partial charge in [-0.15, -0.1) is 0 Å². The molecule has 1 aliphatic heterocycles. The zero-order chi connectivity index (χ0) is 27.7. The van der Waals surface area contributed by atoms with Gasteiger partial charge in [0.25, 0.3) is 0 Å². The molecule has 0 spiro atoms. The Labute approximate surface area is 227 Å². The zero-order valence-corrected chi connectivity index (χ0v) is 23.0. The van der Waals surface area contributed by atoms with Crippen molar-refractivity contribution in [3.8, 4) is 23.1 Å². The van der Waals surface area contributed by atoms with Crippen molar-refractivity contribution in [2.75, 3.05) is 13.1 Å². The number of likely N-dealkylation sites (tertiary alicyclic amines) is 1. The first-order valence-electron chi connectivity index (χ1n) is 13.2. The highest BCUT2D eigenvalue weighted by atomic mass is 16.6. The molecule has 0 N–H and O–H groups in total. The quantitative estimate of drug-likeness (QED) is 0.338. The lowest BCUT2D eigenvalue weighted by Crippen LogP contribution is -2.42. The molecule has 1 aliphatic rings. The summed E-state index contributed by atoms with van der Waals surface area (Å²) < 4.78 is 15.6. The van der Waals surface area contributed by atoms with E-state index >= 15 is 0 Å². The number of nitriles is 1. The number of hydrogen-bond acceptors (Lipinski definition) is 7. The zero-order valence-electron chi connectivity index (χ0n) is 23.0. The first kappa shape index (κ1) is 26.2. The number of carbonyl (C=O) groups excluding carboxylic acids is 1. The maximum atomic E-state index is 12.5. The summed E-state index contributed by atoms with van der Waals surface area (Å²) in [6, 6.07) is 11.9. The van der Waals surface area contributed by atoms with Gasteiger partial charge in [-0.1, -0.05) is 6.07 Å². The number of amides is 1. The van der Waals surface area contributed by atoms with Crippen LogP contribution < -0.4 is 4.74 Å². The summed E-state index contributed by atoms with van der Waals surface area (Å²) in [4.78, 5) is 23.1. The third-order valence-electron chi connectivity index (χ3n) is 6.91. The smallest absolute Gasteiger partial charge is 0.410 e. The molecule has 4 aromatic rings. The molecule has 0 aromatic carbocycles. The van der Waals surface area contributed by atoms with Gasteiger partial charge in [-0.05, 0) is 71.2 Å². The van der Waals surface area contributed by atoms with E-state index in [1.165, 1.54) is 0 Å². The number of ether oxygens (including phenoxy) is 2. The van der Waals surface area contributed by atoms with E-state index in [0.717, 1.165) is 35.4 Å². The third kappa shape index (κ3) is 5.43. The van der Waals surface area contributed by atoms with Gasteiger partial charge in [0, 0.05) is 36.6 Å². The monoisotopic (exact) mass is 527 g/mol. The van der Waals surface area contributed by atoms with Crippen LogP contribution in [-0.2, 0) is 4.74 Å². The minimum atomic E-state index is -0.511. The molecular weight excluding hydrogens is 494 g/mol. The van der Waals surface area contributed by atoms with Crippen molar-refractivity contribution in [3.63, 3.8) is 0 Å². The second-order valence-electron chi connectivity index (χ2n) is 10.8. The molecule has 0 saturated carbocycles. The predicted octanol–water partition coefficient (Wildman–Crippen LogP) is 5.48. The van der Waals surface area contributed by atoms with E-state index in [2.05, 4.69) is 27.6 Å². The van der Waals surface area contributed by atoms with Crippen molar-refractivity contribution < 1.29 is 14.3 Å². The average molecular weight is 528 g/mol. The molecule has 0 aliphatic carbocycles. The van der Waals surface area contributed by atoms with Crippen LogP contribution in [0.3, 0.4) is 0 Å². The van der Waals surface area contributed by atoms with Gasteiger partial charge >= 0.3 is 6.09 Å². The Balaban J connectivity index is 1.41. The molecule has 0 radical (unpaired) electrons. The molecule has 1 fully saturated rings. The molecular formula is C29H33N7O3. The van der Waals surface area contributed by atoms with Crippen LogP contribution in [0.1, 0.15) is 69.8 Å². The molecule has 4 aromatic heterocycles. The highest BCUT2D eigenvalue weighted by Gasteiger charge is 2.29. The van der Waals surface area contributed by atoms with Gasteiger partial charge in [-0.2, -0.15) is 10.4 Å². The Hall–Kier alpha value is -4.39. The van der Waals surface area contributed by atoms with Crippen LogP contribution in [0.25, 0.3) is 16.8 Å². The van der Waals surface area contributed by atoms with Crippen molar-refractivity contribution in [3.05, 3.63) is 66.0 Å². The number of hydrogen-bond donors (Lipinski definition) is 0. The number of imidazole rings is 1. The Morgan fingerprint density at radius 3 is 2.59 bits per heavy atom. The second kappa shape index (κ2) is 10.4. The van der Waals surface area contributed by atoms with Crippen molar-refractivity contribution in [1.29, 1.82) is 5.26 Å². The first-order chi connectivity index (χ1) is 18.6. The van der Waals surface area contributed by atoms with Crippen LogP contribution in [0.2, 0.25) is 0 Å². The lowest BCUT2D eigenvalue weighted by molar-refractivity contribution is 0.0184. The lowest BCUT2D eigenvalue weighted by atomic mass is 10.0. The lowest BCUT2D eigenvalue weighted by Gasteiger charge is -2.33. The highest BCUT2D eigenvalue weighted by molar-refractivity contribution is 5.71. The maximum Gasteiger partial charge on any atom is 0.410 e. The number of aromatic nitrogens is 5. The summed E-state index contributed by atoms with van der Waals surface area (Å²) in [5, 5.41) is 14.4. The van der Waals surface area contributed by atoms with Gasteiger partial charge in [0.05, 0.1) is 24.1 Å². The van der Waals surface area contributed by atoms with Gasteiger partial charge in [0.15, 0.2) is 0 Å². The molecule has 1 saturated heterocycles. The van der Waals surface area contributed by atoms with Gasteiger partial charge < -0.3 is 14.4 Å². The third-order valence-corrected chi connectivity index (χ3v) is 6.91. The molecule has 5 heterocycles. The molecule has 39 heavy (non-hydrogen) atoms. The van der Waals surface area contributed by atoms with E-state index in [-0.39, 0.29) is 18.2 Å². The molecule has 0 unspecified atom stereocenters. The average Bonchev–Trinajstić information content (AvgIpc) is 3.51. The normalized spacial score (nSPS) is 15.2. The van der Waals surface area contributed by atoms with Crippen LogP contribution in [0.15, 0.2) is 48.9 Å². The molecule has 10 nitrogen and oxygen atoms in total. The minimum Gasteiger partial charge on any atom is -0.469 e. The van der Waals surface area contributed by atoms with E-state index < -0.39 is 5.60 Å². The molecule has 10 heteroatoms. The van der Waals surface area contributed by atoms with Gasteiger partial charge in [-0.25, -0.2) is 9.78 Å². The summed E-state index contributed by atoms with van der Waals surface area (Å²) in [5.74, 6) is 0.507. The van der Waals surface area contributed by atoms with Crippen LogP contribution in [0.4, 0.5) is 4.79 Å². The Morgan fingerprint density at radius 2 is 1.92 bits per heavy atom. The Bertz CT molecular complexity index is 1520. The minimum absolute atomic E-state index is 0.178. The van der Waals surface area contributed by atoms with Gasteiger partial charge in [0.2, 0.25) is 5.88 Å². The number of fused-ring (bicyclic) bond motifs is 1. The van der Waals surface area contributed by atoms with Crippen LogP contribution in [-0.4, -0.2) is 53.8 Å². The number of piperidine rings is 1. The van der Waals surface area contributed by atoms with Crippen LogP contribution in [0.5, 0.6) is 5.88 Å². The van der Waals surface area contributed by atoms with E-state index in [9.17, 15) is 10.1 Å². The standard InChI is InChI=1S/C29H33N7O3/c1-19-24(18-33-36(19)22-9-12-34(13-10-22)28(37)39-29(3,4)5)21-14-26-32-17-23(16-30)35(26)27(15-21)38-20(2)25-8-6-7-11-31-25/h6-8,11,14-15,17-18,20,22H,9-10,12-13H2,1-5H3/t20-/m1/s1. The molecule has 1 atom stereocenters. The van der Waals surface area contributed by atoms with E-state index in [1.54, 1.807) is 21.7 Å². The van der Waals surface area contributed by atoms with Crippen molar-refractivity contribution in [2.24, 2.45) is 0 Å². The number of rotatable bonds is 5.